The fraction of sp³-hybridized carbons (Fsp3) is 0.250. The van der Waals surface area contributed by atoms with Crippen molar-refractivity contribution in [1.29, 1.82) is 0 Å². The Balaban J connectivity index is 1.94. The average molecular weight is 499 g/mol. The summed E-state index contributed by atoms with van der Waals surface area (Å²) >= 11 is 2.64. The number of aromatic nitrogens is 1. The number of rotatable bonds is 6. The highest BCUT2D eigenvalue weighted by molar-refractivity contribution is 7.10. The first kappa shape index (κ1) is 23.7. The smallest absolute Gasteiger partial charge is 0.338 e. The minimum absolute atomic E-state index is 0.214. The molecule has 0 bridgehead atoms. The quantitative estimate of drug-likeness (QED) is 0.383. The Morgan fingerprint density at radius 1 is 1.24 bits per heavy atom. The zero-order valence-electron chi connectivity index (χ0n) is 19.0. The SMILES string of the molecule is CCOC(=O)C1=C(C)N=c2s/c(=C\c3cccc(OC)c3OC(C)=O)c(=O)n2[C@H]1c1cccs1. The largest absolute Gasteiger partial charge is 0.493 e. The van der Waals surface area contributed by atoms with E-state index < -0.39 is 18.0 Å². The molecule has 0 aliphatic carbocycles. The van der Waals surface area contributed by atoms with Crippen LogP contribution in [0.25, 0.3) is 6.08 Å². The van der Waals surface area contributed by atoms with Crippen LogP contribution in [0.15, 0.2) is 56.8 Å². The predicted molar refractivity (Wildman–Crippen MR) is 129 cm³/mol. The van der Waals surface area contributed by atoms with E-state index in [9.17, 15) is 14.4 Å². The number of para-hydroxylation sites is 1. The van der Waals surface area contributed by atoms with Crippen molar-refractivity contribution in [3.05, 3.63) is 77.1 Å². The summed E-state index contributed by atoms with van der Waals surface area (Å²) in [5.74, 6) is -0.412. The number of nitrogens with zero attached hydrogens (tertiary/aromatic N) is 2. The van der Waals surface area contributed by atoms with Gasteiger partial charge in [0.1, 0.15) is 6.04 Å². The molecule has 176 valence electrons. The third kappa shape index (κ3) is 4.34. The van der Waals surface area contributed by atoms with Crippen LogP contribution < -0.4 is 24.4 Å². The molecule has 1 aliphatic heterocycles. The molecule has 1 atom stereocenters. The van der Waals surface area contributed by atoms with Gasteiger partial charge in [-0.2, -0.15) is 0 Å². The first-order valence-electron chi connectivity index (χ1n) is 10.4. The summed E-state index contributed by atoms with van der Waals surface area (Å²) in [6.07, 6.45) is 1.64. The van der Waals surface area contributed by atoms with Crippen molar-refractivity contribution in [2.45, 2.75) is 26.8 Å². The third-order valence-electron chi connectivity index (χ3n) is 5.09. The second kappa shape index (κ2) is 9.78. The van der Waals surface area contributed by atoms with Crippen LogP contribution in [0.1, 0.15) is 37.3 Å². The van der Waals surface area contributed by atoms with Crippen LogP contribution >= 0.6 is 22.7 Å². The van der Waals surface area contributed by atoms with Gasteiger partial charge in [0, 0.05) is 17.4 Å². The number of carbonyl (C=O) groups is 2. The molecule has 4 rings (SSSR count). The van der Waals surface area contributed by atoms with Crippen molar-refractivity contribution in [2.75, 3.05) is 13.7 Å². The van der Waals surface area contributed by atoms with E-state index >= 15 is 0 Å². The number of hydrogen-bond acceptors (Lipinski definition) is 9. The van der Waals surface area contributed by atoms with Gasteiger partial charge < -0.3 is 14.2 Å². The molecule has 0 saturated carbocycles. The van der Waals surface area contributed by atoms with E-state index in [0.717, 1.165) is 4.88 Å². The second-order valence-electron chi connectivity index (χ2n) is 7.29. The molecule has 0 radical (unpaired) electrons. The van der Waals surface area contributed by atoms with E-state index in [-0.39, 0.29) is 17.9 Å². The predicted octanol–water partition coefficient (Wildman–Crippen LogP) is 2.79. The summed E-state index contributed by atoms with van der Waals surface area (Å²) in [5.41, 5.74) is 1.04. The number of benzene rings is 1. The van der Waals surface area contributed by atoms with Crippen LogP contribution in [-0.4, -0.2) is 30.2 Å². The van der Waals surface area contributed by atoms with E-state index in [1.807, 2.05) is 17.5 Å². The van der Waals surface area contributed by atoms with Crippen LogP contribution in [0, 0.1) is 0 Å². The molecule has 3 aromatic rings. The summed E-state index contributed by atoms with van der Waals surface area (Å²) in [5, 5.41) is 1.89. The number of fused-ring (bicyclic) bond motifs is 1. The fourth-order valence-electron chi connectivity index (χ4n) is 3.71. The highest BCUT2D eigenvalue weighted by atomic mass is 32.1. The Morgan fingerprint density at radius 3 is 2.68 bits per heavy atom. The minimum Gasteiger partial charge on any atom is -0.493 e. The zero-order chi connectivity index (χ0) is 24.4. The summed E-state index contributed by atoms with van der Waals surface area (Å²) in [6, 6.07) is 8.25. The molecule has 0 unspecified atom stereocenters. The molecule has 0 fully saturated rings. The highest BCUT2D eigenvalue weighted by Gasteiger charge is 2.33. The molecule has 0 amide bonds. The van der Waals surface area contributed by atoms with E-state index in [2.05, 4.69) is 4.99 Å². The lowest BCUT2D eigenvalue weighted by atomic mass is 10.0. The van der Waals surface area contributed by atoms with Gasteiger partial charge in [0.15, 0.2) is 16.3 Å². The standard InChI is InChI=1S/C24H22N2O6S2/c1-5-31-23(29)19-13(2)25-24-26(20(19)17-10-7-11-33-17)22(28)18(34-24)12-15-8-6-9-16(30-4)21(15)32-14(3)27/h6-12,20H,5H2,1-4H3/b18-12-/t20-/m0/s1. The summed E-state index contributed by atoms with van der Waals surface area (Å²) in [7, 11) is 1.47. The Labute approximate surface area is 203 Å². The van der Waals surface area contributed by atoms with Crippen molar-refractivity contribution in [3.63, 3.8) is 0 Å². The van der Waals surface area contributed by atoms with E-state index in [0.29, 0.717) is 31.9 Å². The van der Waals surface area contributed by atoms with Crippen molar-refractivity contribution in [1.82, 2.24) is 4.57 Å². The second-order valence-corrected chi connectivity index (χ2v) is 9.28. The van der Waals surface area contributed by atoms with Crippen LogP contribution in [0.2, 0.25) is 0 Å². The van der Waals surface area contributed by atoms with Gasteiger partial charge in [0.2, 0.25) is 0 Å². The summed E-state index contributed by atoms with van der Waals surface area (Å²) in [6.45, 7) is 4.99. The van der Waals surface area contributed by atoms with Gasteiger partial charge in [-0.25, -0.2) is 9.79 Å². The molecule has 8 nitrogen and oxygen atoms in total. The lowest BCUT2D eigenvalue weighted by Gasteiger charge is -2.23. The Morgan fingerprint density at radius 2 is 2.03 bits per heavy atom. The maximum absolute atomic E-state index is 13.6. The fourth-order valence-corrected chi connectivity index (χ4v) is 5.57. The van der Waals surface area contributed by atoms with Gasteiger partial charge in [0.05, 0.1) is 29.5 Å². The summed E-state index contributed by atoms with van der Waals surface area (Å²) < 4.78 is 17.9. The van der Waals surface area contributed by atoms with E-state index in [4.69, 9.17) is 14.2 Å². The minimum atomic E-state index is -0.643. The molecule has 2 aromatic heterocycles. The maximum Gasteiger partial charge on any atom is 0.338 e. The molecule has 1 aliphatic rings. The molecule has 0 N–H and O–H groups in total. The van der Waals surface area contributed by atoms with Crippen LogP contribution in [-0.2, 0) is 14.3 Å². The number of hydrogen-bond donors (Lipinski definition) is 0. The van der Waals surface area contributed by atoms with Crippen LogP contribution in [0.4, 0.5) is 0 Å². The Bertz CT molecular complexity index is 1460. The molecule has 3 heterocycles. The lowest BCUT2D eigenvalue weighted by Crippen LogP contribution is -2.39. The molecule has 34 heavy (non-hydrogen) atoms. The molecule has 1 aromatic carbocycles. The van der Waals surface area contributed by atoms with E-state index in [1.165, 1.54) is 41.3 Å². The number of carbonyl (C=O) groups excluding carboxylic acids is 2. The number of esters is 2. The van der Waals surface area contributed by atoms with Gasteiger partial charge in [-0.3, -0.25) is 14.2 Å². The van der Waals surface area contributed by atoms with Crippen molar-refractivity contribution >= 4 is 40.7 Å². The number of methoxy groups -OCH3 is 1. The summed E-state index contributed by atoms with van der Waals surface area (Å²) in [4.78, 5) is 44.0. The number of thiophene rings is 1. The van der Waals surface area contributed by atoms with Gasteiger partial charge in [-0.1, -0.05) is 29.5 Å². The van der Waals surface area contributed by atoms with Crippen molar-refractivity contribution < 1.29 is 23.8 Å². The molecular weight excluding hydrogens is 476 g/mol. The Hall–Kier alpha value is -3.50. The highest BCUT2D eigenvalue weighted by Crippen LogP contribution is 2.34. The molecule has 0 spiro atoms. The molecule has 0 saturated heterocycles. The van der Waals surface area contributed by atoms with Crippen molar-refractivity contribution in [3.8, 4) is 11.5 Å². The molecular formula is C24H22N2O6S2. The first-order valence-corrected chi connectivity index (χ1v) is 12.1. The third-order valence-corrected chi connectivity index (χ3v) is 7.00. The van der Waals surface area contributed by atoms with Gasteiger partial charge in [0.25, 0.3) is 5.56 Å². The average Bonchev–Trinajstić information content (AvgIpc) is 3.42. The number of ether oxygens (including phenoxy) is 3. The maximum atomic E-state index is 13.6. The number of thiazole rings is 1. The zero-order valence-corrected chi connectivity index (χ0v) is 20.6. The van der Waals surface area contributed by atoms with Crippen LogP contribution in [0.5, 0.6) is 11.5 Å². The molecule has 10 heteroatoms. The van der Waals surface area contributed by atoms with Gasteiger partial charge >= 0.3 is 11.9 Å². The van der Waals surface area contributed by atoms with Crippen LogP contribution in [0.3, 0.4) is 0 Å². The van der Waals surface area contributed by atoms with Crippen molar-refractivity contribution in [2.24, 2.45) is 4.99 Å². The van der Waals surface area contributed by atoms with Gasteiger partial charge in [-0.05, 0) is 37.4 Å². The topological polar surface area (TPSA) is 96.2 Å². The Kier molecular flexibility index (Phi) is 6.80. The monoisotopic (exact) mass is 498 g/mol. The number of allylic oxidation sites excluding steroid dienone is 1. The first-order chi connectivity index (χ1) is 16.3. The van der Waals surface area contributed by atoms with Gasteiger partial charge in [-0.15, -0.1) is 11.3 Å². The normalized spacial score (nSPS) is 15.5. The lowest BCUT2D eigenvalue weighted by molar-refractivity contribution is -0.139. The van der Waals surface area contributed by atoms with E-state index in [1.54, 1.807) is 38.1 Å².